The van der Waals surface area contributed by atoms with E-state index in [4.69, 9.17) is 27.9 Å². The van der Waals surface area contributed by atoms with E-state index in [0.717, 1.165) is 17.1 Å². The van der Waals surface area contributed by atoms with E-state index in [0.29, 0.717) is 16.7 Å². The van der Waals surface area contributed by atoms with Gasteiger partial charge in [0.05, 0.1) is 12.1 Å². The zero-order valence-electron chi connectivity index (χ0n) is 13.5. The van der Waals surface area contributed by atoms with Crippen molar-refractivity contribution in [3.63, 3.8) is 0 Å². The van der Waals surface area contributed by atoms with Gasteiger partial charge in [0.2, 0.25) is 0 Å². The molecule has 4 heteroatoms. The van der Waals surface area contributed by atoms with Gasteiger partial charge in [-0.3, -0.25) is 0 Å². The van der Waals surface area contributed by atoms with Gasteiger partial charge in [0.15, 0.2) is 0 Å². The summed E-state index contributed by atoms with van der Waals surface area (Å²) in [4.78, 5) is 0. The van der Waals surface area contributed by atoms with Gasteiger partial charge in [0.25, 0.3) is 0 Å². The van der Waals surface area contributed by atoms with Gasteiger partial charge < -0.3 is 10.1 Å². The second-order valence-electron chi connectivity index (χ2n) is 5.38. The number of ether oxygens (including phenoxy) is 1. The average molecular weight is 332 g/mol. The third kappa shape index (κ3) is 5.05. The maximum Gasteiger partial charge on any atom is 0.138 e. The Hall–Kier alpha value is -0.440. The second-order valence-corrected chi connectivity index (χ2v) is 6.20. The number of hydrogen-bond donors (Lipinski definition) is 1. The minimum Gasteiger partial charge on any atom is -0.495 e. The van der Waals surface area contributed by atoms with Crippen LogP contribution < -0.4 is 10.1 Å². The Morgan fingerprint density at radius 2 is 1.67 bits per heavy atom. The van der Waals surface area contributed by atoms with Crippen LogP contribution in [0.25, 0.3) is 0 Å². The fourth-order valence-electron chi connectivity index (χ4n) is 2.91. The van der Waals surface area contributed by atoms with Crippen molar-refractivity contribution < 1.29 is 4.74 Å². The van der Waals surface area contributed by atoms with Gasteiger partial charge in [0, 0.05) is 17.1 Å². The zero-order chi connectivity index (χ0) is 15.8. The van der Waals surface area contributed by atoms with Crippen molar-refractivity contribution in [2.75, 3.05) is 13.7 Å². The Morgan fingerprint density at radius 1 is 1.05 bits per heavy atom. The highest BCUT2D eigenvalue weighted by Gasteiger charge is 2.24. The molecule has 0 bridgehead atoms. The molecular weight excluding hydrogens is 305 g/mol. The van der Waals surface area contributed by atoms with Crippen molar-refractivity contribution in [2.24, 2.45) is 5.92 Å². The number of hydrogen-bond acceptors (Lipinski definition) is 2. The lowest BCUT2D eigenvalue weighted by Gasteiger charge is -2.29. The van der Waals surface area contributed by atoms with E-state index in [9.17, 15) is 0 Å². The molecule has 0 aliphatic carbocycles. The Kier molecular flexibility index (Phi) is 8.46. The molecule has 0 fully saturated rings. The summed E-state index contributed by atoms with van der Waals surface area (Å²) in [5, 5.41) is 4.93. The smallest absolute Gasteiger partial charge is 0.138 e. The molecule has 0 aromatic heterocycles. The molecule has 1 N–H and O–H groups in total. The minimum atomic E-state index is 0.241. The van der Waals surface area contributed by atoms with Gasteiger partial charge in [0.1, 0.15) is 5.75 Å². The highest BCUT2D eigenvalue weighted by Crippen LogP contribution is 2.38. The van der Waals surface area contributed by atoms with Crippen molar-refractivity contribution in [1.82, 2.24) is 5.32 Å². The van der Waals surface area contributed by atoms with E-state index in [-0.39, 0.29) is 6.04 Å². The molecule has 120 valence electrons. The molecule has 1 atom stereocenters. The number of nitrogens with one attached hydrogen (secondary N) is 1. The quantitative estimate of drug-likeness (QED) is 0.611. The number of halogens is 2. The maximum absolute atomic E-state index is 6.48. The van der Waals surface area contributed by atoms with Gasteiger partial charge in [-0.15, -0.1) is 0 Å². The minimum absolute atomic E-state index is 0.241. The fraction of sp³-hybridized carbons (Fsp3) is 0.647. The molecule has 1 aromatic rings. The molecular formula is C17H27Cl2NO. The Bertz CT molecular complexity index is 431. The maximum atomic E-state index is 6.48. The van der Waals surface area contributed by atoms with E-state index in [1.165, 1.54) is 25.7 Å². The summed E-state index contributed by atoms with van der Waals surface area (Å²) in [6, 6.07) is 4.01. The van der Waals surface area contributed by atoms with Crippen molar-refractivity contribution in [1.29, 1.82) is 0 Å². The number of rotatable bonds is 9. The second kappa shape index (κ2) is 9.55. The summed E-state index contributed by atoms with van der Waals surface area (Å²) in [5.74, 6) is 1.20. The van der Waals surface area contributed by atoms with Crippen molar-refractivity contribution >= 4 is 23.2 Å². The highest BCUT2D eigenvalue weighted by atomic mass is 35.5. The largest absolute Gasteiger partial charge is 0.495 e. The van der Waals surface area contributed by atoms with E-state index < -0.39 is 0 Å². The lowest BCUT2D eigenvalue weighted by atomic mass is 9.86. The first-order chi connectivity index (χ1) is 10.1. The SMILES string of the molecule is CCCC(CCC)C(NCC)c1cc(Cl)c(OC)cc1Cl. The molecule has 1 aromatic carbocycles. The van der Waals surface area contributed by atoms with Crippen LogP contribution in [0.1, 0.15) is 58.1 Å². The summed E-state index contributed by atoms with van der Waals surface area (Å²) in [7, 11) is 1.61. The fourth-order valence-corrected chi connectivity index (χ4v) is 3.43. The number of methoxy groups -OCH3 is 1. The van der Waals surface area contributed by atoms with Crippen LogP contribution in [0.15, 0.2) is 12.1 Å². The normalized spacial score (nSPS) is 12.7. The molecule has 1 unspecified atom stereocenters. The Balaban J connectivity index is 3.17. The van der Waals surface area contributed by atoms with Crippen LogP contribution in [0.5, 0.6) is 5.75 Å². The Labute approximate surface area is 139 Å². The summed E-state index contributed by atoms with van der Waals surface area (Å²) < 4.78 is 5.24. The predicted octanol–water partition coefficient (Wildman–Crippen LogP) is 5.87. The van der Waals surface area contributed by atoms with Gasteiger partial charge in [-0.25, -0.2) is 0 Å². The lowest BCUT2D eigenvalue weighted by Crippen LogP contribution is -2.28. The first kappa shape index (κ1) is 18.6. The van der Waals surface area contributed by atoms with Crippen LogP contribution in [0.2, 0.25) is 10.0 Å². The molecule has 21 heavy (non-hydrogen) atoms. The molecule has 0 saturated heterocycles. The summed E-state index contributed by atoms with van der Waals surface area (Å²) in [5.41, 5.74) is 1.08. The van der Waals surface area contributed by atoms with Crippen LogP contribution in [-0.4, -0.2) is 13.7 Å². The molecule has 0 amide bonds. The van der Waals surface area contributed by atoms with Crippen LogP contribution >= 0.6 is 23.2 Å². The third-order valence-corrected chi connectivity index (χ3v) is 4.44. The van der Waals surface area contributed by atoms with Crippen LogP contribution in [0.3, 0.4) is 0 Å². The van der Waals surface area contributed by atoms with Gasteiger partial charge >= 0.3 is 0 Å². The Morgan fingerprint density at radius 3 is 2.14 bits per heavy atom. The summed E-state index contributed by atoms with van der Waals surface area (Å²) >= 11 is 12.8. The first-order valence-electron chi connectivity index (χ1n) is 7.85. The lowest BCUT2D eigenvalue weighted by molar-refractivity contribution is 0.320. The summed E-state index contributed by atoms with van der Waals surface area (Å²) in [6.07, 6.45) is 4.72. The van der Waals surface area contributed by atoms with Gasteiger partial charge in [-0.1, -0.05) is 56.8 Å². The zero-order valence-corrected chi connectivity index (χ0v) is 15.0. The molecule has 0 saturated carbocycles. The first-order valence-corrected chi connectivity index (χ1v) is 8.60. The monoisotopic (exact) mass is 331 g/mol. The average Bonchev–Trinajstić information content (AvgIpc) is 2.47. The van der Waals surface area contributed by atoms with Crippen LogP contribution in [-0.2, 0) is 0 Å². The van der Waals surface area contributed by atoms with Crippen LogP contribution in [0, 0.1) is 5.92 Å². The molecule has 0 spiro atoms. The van der Waals surface area contributed by atoms with Crippen molar-refractivity contribution in [3.8, 4) is 5.75 Å². The van der Waals surface area contributed by atoms with E-state index in [2.05, 4.69) is 26.1 Å². The predicted molar refractivity (Wildman–Crippen MR) is 92.7 cm³/mol. The van der Waals surface area contributed by atoms with Gasteiger partial charge in [-0.2, -0.15) is 0 Å². The van der Waals surface area contributed by atoms with Crippen LogP contribution in [0.4, 0.5) is 0 Å². The molecule has 2 nitrogen and oxygen atoms in total. The standard InChI is InChI=1S/C17H27Cl2NO/c1-5-8-12(9-6-2)17(20-7-3)13-10-15(19)16(21-4)11-14(13)18/h10-12,17,20H,5-9H2,1-4H3. The highest BCUT2D eigenvalue weighted by molar-refractivity contribution is 6.34. The van der Waals surface area contributed by atoms with Gasteiger partial charge in [-0.05, 0) is 36.9 Å². The van der Waals surface area contributed by atoms with E-state index >= 15 is 0 Å². The van der Waals surface area contributed by atoms with Crippen molar-refractivity contribution in [2.45, 2.75) is 52.5 Å². The van der Waals surface area contributed by atoms with E-state index in [1.807, 2.05) is 12.1 Å². The van der Waals surface area contributed by atoms with E-state index in [1.54, 1.807) is 7.11 Å². The van der Waals surface area contributed by atoms with Crippen molar-refractivity contribution in [3.05, 3.63) is 27.7 Å². The number of benzene rings is 1. The summed E-state index contributed by atoms with van der Waals surface area (Å²) in [6.45, 7) is 7.50. The molecule has 0 aliphatic rings. The molecule has 0 aliphatic heterocycles. The molecule has 0 radical (unpaired) electrons. The topological polar surface area (TPSA) is 21.3 Å². The third-order valence-electron chi connectivity index (χ3n) is 3.82. The molecule has 0 heterocycles. The molecule has 1 rings (SSSR count).